The molecule has 0 aliphatic rings. The molecule has 2 aromatic heterocycles. The number of ether oxygens (including phenoxy) is 1. The minimum atomic E-state index is -0.487. The summed E-state index contributed by atoms with van der Waals surface area (Å²) in [6.45, 7) is 7.45. The minimum Gasteiger partial charge on any atom is -0.462 e. The lowest BCUT2D eigenvalue weighted by Crippen LogP contribution is -2.13. The van der Waals surface area contributed by atoms with Crippen LogP contribution in [0.1, 0.15) is 51.1 Å². The third kappa shape index (κ3) is 4.88. The van der Waals surface area contributed by atoms with Crippen molar-refractivity contribution in [2.75, 3.05) is 18.2 Å². The first-order valence-electron chi connectivity index (χ1n) is 8.70. The van der Waals surface area contributed by atoms with E-state index < -0.39 is 5.97 Å². The molecular formula is C19H22N4O3S2. The SMILES string of the molecule is CCOC(=O)c1sc(NC(=O)CCc2c(C)nc(SC)nc2C)c(C#N)c1C. The molecule has 7 nitrogen and oxygen atoms in total. The molecule has 1 N–H and O–H groups in total. The van der Waals surface area contributed by atoms with E-state index >= 15 is 0 Å². The second kappa shape index (κ2) is 9.66. The maximum absolute atomic E-state index is 12.4. The van der Waals surface area contributed by atoms with Crippen LogP contribution < -0.4 is 5.32 Å². The van der Waals surface area contributed by atoms with Crippen molar-refractivity contribution in [3.63, 3.8) is 0 Å². The van der Waals surface area contributed by atoms with Gasteiger partial charge in [0, 0.05) is 17.8 Å². The minimum absolute atomic E-state index is 0.222. The number of nitrogens with zero attached hydrogens (tertiary/aromatic N) is 3. The van der Waals surface area contributed by atoms with Crippen molar-refractivity contribution in [2.45, 2.75) is 45.7 Å². The first-order valence-corrected chi connectivity index (χ1v) is 10.7. The molecule has 0 aliphatic carbocycles. The molecule has 0 spiro atoms. The fraction of sp³-hybridized carbons (Fsp3) is 0.421. The molecule has 1 amide bonds. The maximum atomic E-state index is 12.4. The molecule has 0 aromatic carbocycles. The van der Waals surface area contributed by atoms with Gasteiger partial charge in [0.1, 0.15) is 15.9 Å². The number of nitriles is 1. The third-order valence-electron chi connectivity index (χ3n) is 4.16. The molecule has 0 aliphatic heterocycles. The molecular weight excluding hydrogens is 396 g/mol. The zero-order valence-corrected chi connectivity index (χ0v) is 18.1. The van der Waals surface area contributed by atoms with Crippen LogP contribution in [0.25, 0.3) is 0 Å². The highest BCUT2D eigenvalue weighted by atomic mass is 32.2. The normalized spacial score (nSPS) is 10.4. The molecule has 28 heavy (non-hydrogen) atoms. The average molecular weight is 419 g/mol. The van der Waals surface area contributed by atoms with Crippen molar-refractivity contribution in [3.05, 3.63) is 33.0 Å². The molecule has 0 bridgehead atoms. The summed E-state index contributed by atoms with van der Waals surface area (Å²) in [7, 11) is 0. The zero-order valence-electron chi connectivity index (χ0n) is 16.5. The highest BCUT2D eigenvalue weighted by Crippen LogP contribution is 2.33. The van der Waals surface area contributed by atoms with Crippen molar-refractivity contribution in [1.82, 2.24) is 9.97 Å². The van der Waals surface area contributed by atoms with Crippen LogP contribution in [0.15, 0.2) is 5.16 Å². The number of nitrogens with one attached hydrogen (secondary N) is 1. The number of thiophene rings is 1. The van der Waals surface area contributed by atoms with Crippen LogP contribution in [-0.2, 0) is 16.0 Å². The van der Waals surface area contributed by atoms with Crippen LogP contribution in [0.5, 0.6) is 0 Å². The molecule has 0 radical (unpaired) electrons. The Morgan fingerprint density at radius 3 is 2.43 bits per heavy atom. The van der Waals surface area contributed by atoms with E-state index in [2.05, 4.69) is 21.4 Å². The van der Waals surface area contributed by atoms with Crippen LogP contribution in [-0.4, -0.2) is 34.7 Å². The topological polar surface area (TPSA) is 105 Å². The number of esters is 1. The average Bonchev–Trinajstić information content (AvgIpc) is 2.96. The van der Waals surface area contributed by atoms with E-state index in [1.807, 2.05) is 20.1 Å². The van der Waals surface area contributed by atoms with E-state index in [0.29, 0.717) is 32.6 Å². The number of anilines is 1. The van der Waals surface area contributed by atoms with E-state index in [0.717, 1.165) is 28.3 Å². The van der Waals surface area contributed by atoms with Gasteiger partial charge in [0.25, 0.3) is 0 Å². The Morgan fingerprint density at radius 1 is 1.25 bits per heavy atom. The van der Waals surface area contributed by atoms with Crippen molar-refractivity contribution < 1.29 is 14.3 Å². The van der Waals surface area contributed by atoms with Crippen LogP contribution in [0.4, 0.5) is 5.00 Å². The number of aromatic nitrogens is 2. The smallest absolute Gasteiger partial charge is 0.348 e. The zero-order chi connectivity index (χ0) is 20.8. The number of hydrogen-bond donors (Lipinski definition) is 1. The van der Waals surface area contributed by atoms with Gasteiger partial charge in [0.2, 0.25) is 5.91 Å². The Kier molecular flexibility index (Phi) is 7.54. The summed E-state index contributed by atoms with van der Waals surface area (Å²) in [5, 5.41) is 13.2. The van der Waals surface area contributed by atoms with Crippen LogP contribution in [0, 0.1) is 32.1 Å². The fourth-order valence-electron chi connectivity index (χ4n) is 2.72. The summed E-state index contributed by atoms with van der Waals surface area (Å²) in [6, 6.07) is 2.06. The molecule has 148 valence electrons. The molecule has 2 aromatic rings. The van der Waals surface area contributed by atoms with Gasteiger partial charge in [-0.15, -0.1) is 11.3 Å². The number of carbonyl (C=O) groups excluding carboxylic acids is 2. The van der Waals surface area contributed by atoms with Gasteiger partial charge < -0.3 is 10.1 Å². The monoisotopic (exact) mass is 418 g/mol. The summed E-state index contributed by atoms with van der Waals surface area (Å²) >= 11 is 2.54. The number of carbonyl (C=O) groups is 2. The van der Waals surface area contributed by atoms with Crippen molar-refractivity contribution in [2.24, 2.45) is 0 Å². The Bertz CT molecular complexity index is 924. The Balaban J connectivity index is 2.13. The third-order valence-corrected chi connectivity index (χ3v) is 5.89. The standard InChI is InChI=1S/C19H22N4O3S2/c1-6-26-18(25)16-10(2)14(9-20)17(28-16)23-15(24)8-7-13-11(3)21-19(27-5)22-12(13)4/h6-8H2,1-5H3,(H,23,24). The summed E-state index contributed by atoms with van der Waals surface area (Å²) in [4.78, 5) is 33.6. The van der Waals surface area contributed by atoms with Gasteiger partial charge in [-0.3, -0.25) is 4.79 Å². The van der Waals surface area contributed by atoms with Gasteiger partial charge in [0.15, 0.2) is 5.16 Å². The number of amides is 1. The van der Waals surface area contributed by atoms with Gasteiger partial charge >= 0.3 is 5.97 Å². The van der Waals surface area contributed by atoms with E-state index in [1.54, 1.807) is 13.8 Å². The summed E-state index contributed by atoms with van der Waals surface area (Å²) in [5.41, 5.74) is 3.48. The van der Waals surface area contributed by atoms with Crippen LogP contribution >= 0.6 is 23.1 Å². The van der Waals surface area contributed by atoms with Crippen molar-refractivity contribution in [3.8, 4) is 6.07 Å². The Hall–Kier alpha value is -2.44. The van der Waals surface area contributed by atoms with Crippen LogP contribution in [0.2, 0.25) is 0 Å². The molecule has 2 heterocycles. The summed E-state index contributed by atoms with van der Waals surface area (Å²) in [5.74, 6) is -0.722. The summed E-state index contributed by atoms with van der Waals surface area (Å²) < 4.78 is 5.01. The largest absolute Gasteiger partial charge is 0.462 e. The van der Waals surface area contributed by atoms with E-state index in [9.17, 15) is 14.9 Å². The molecule has 0 saturated heterocycles. The molecule has 0 saturated carbocycles. The first-order chi connectivity index (χ1) is 13.3. The number of thioether (sulfide) groups is 1. The highest BCUT2D eigenvalue weighted by molar-refractivity contribution is 7.98. The predicted molar refractivity (Wildman–Crippen MR) is 110 cm³/mol. The van der Waals surface area contributed by atoms with Gasteiger partial charge in [-0.2, -0.15) is 5.26 Å². The molecule has 0 unspecified atom stereocenters. The number of aryl methyl sites for hydroxylation is 2. The lowest BCUT2D eigenvalue weighted by atomic mass is 10.1. The molecule has 2 rings (SSSR count). The van der Waals surface area contributed by atoms with Gasteiger partial charge in [-0.1, -0.05) is 11.8 Å². The van der Waals surface area contributed by atoms with Gasteiger partial charge in [-0.25, -0.2) is 14.8 Å². The molecule has 0 atom stereocenters. The lowest BCUT2D eigenvalue weighted by Gasteiger charge is -2.10. The molecule has 9 heteroatoms. The quantitative estimate of drug-likeness (QED) is 0.414. The van der Waals surface area contributed by atoms with Crippen molar-refractivity contribution in [1.29, 1.82) is 5.26 Å². The maximum Gasteiger partial charge on any atom is 0.348 e. The Labute approximate surface area is 172 Å². The number of hydrogen-bond acceptors (Lipinski definition) is 8. The van der Waals surface area contributed by atoms with Crippen molar-refractivity contribution >= 4 is 40.0 Å². The van der Waals surface area contributed by atoms with E-state index in [1.165, 1.54) is 11.8 Å². The highest BCUT2D eigenvalue weighted by Gasteiger charge is 2.22. The first kappa shape index (κ1) is 21.9. The van der Waals surface area contributed by atoms with Gasteiger partial charge in [0.05, 0.1) is 12.2 Å². The number of rotatable bonds is 7. The van der Waals surface area contributed by atoms with Crippen LogP contribution in [0.3, 0.4) is 0 Å². The summed E-state index contributed by atoms with van der Waals surface area (Å²) in [6.07, 6.45) is 2.64. The second-order valence-electron chi connectivity index (χ2n) is 6.00. The lowest BCUT2D eigenvalue weighted by molar-refractivity contribution is -0.116. The van der Waals surface area contributed by atoms with E-state index in [-0.39, 0.29) is 18.9 Å². The molecule has 0 fully saturated rings. The fourth-order valence-corrected chi connectivity index (χ4v) is 4.24. The second-order valence-corrected chi connectivity index (χ2v) is 7.79. The predicted octanol–water partition coefficient (Wildman–Crippen LogP) is 3.80. The van der Waals surface area contributed by atoms with Gasteiger partial charge in [-0.05, 0) is 51.5 Å². The van der Waals surface area contributed by atoms with E-state index in [4.69, 9.17) is 4.74 Å². The Morgan fingerprint density at radius 2 is 1.89 bits per heavy atom.